The highest BCUT2D eigenvalue weighted by atomic mass is 35.7. The molecule has 0 rings (SSSR count). The lowest BCUT2D eigenvalue weighted by atomic mass is 10.3. The first-order valence-electron chi connectivity index (χ1n) is 15.7. The predicted molar refractivity (Wildman–Crippen MR) is 191 cm³/mol. The van der Waals surface area contributed by atoms with E-state index in [9.17, 15) is 0 Å². The van der Waals surface area contributed by atoms with E-state index in [1.54, 1.807) is 0 Å². The molecule has 0 saturated carbocycles. The number of halogens is 2. The summed E-state index contributed by atoms with van der Waals surface area (Å²) in [5, 5.41) is 0. The van der Waals surface area contributed by atoms with E-state index in [-0.39, 0.29) is 0 Å². The van der Waals surface area contributed by atoms with Crippen molar-refractivity contribution in [3.63, 3.8) is 0 Å². The zero-order valence-electron chi connectivity index (χ0n) is 28.7. The summed E-state index contributed by atoms with van der Waals surface area (Å²) in [6.07, 6.45) is 2.34. The molecule has 38 heavy (non-hydrogen) atoms. The summed E-state index contributed by atoms with van der Waals surface area (Å²) in [5.41, 5.74) is 4.32. The lowest BCUT2D eigenvalue weighted by Gasteiger charge is -2.65. The van der Waals surface area contributed by atoms with Gasteiger partial charge in [-0.2, -0.15) is 0 Å². The molecule has 0 fully saturated rings. The summed E-state index contributed by atoms with van der Waals surface area (Å²) in [6, 6.07) is 4.00. The molecule has 0 saturated heterocycles. The molecular formula is C29H68Cl2NOSi5. The van der Waals surface area contributed by atoms with Crippen LogP contribution in [0.1, 0.15) is 103 Å². The van der Waals surface area contributed by atoms with Crippen molar-refractivity contribution >= 4 is 62.7 Å². The molecule has 0 aromatic carbocycles. The highest BCUT2D eigenvalue weighted by Gasteiger charge is 2.61. The first-order valence-corrected chi connectivity index (χ1v) is 30.1. The average Bonchev–Trinajstić information content (AvgIpc) is 2.68. The number of rotatable bonds is 18. The average molecular weight is 658 g/mol. The predicted octanol–water partition coefficient (Wildman–Crippen LogP) is 12.2. The van der Waals surface area contributed by atoms with Crippen LogP contribution < -0.4 is 0 Å². The molecule has 0 aliphatic heterocycles. The maximum atomic E-state index is 7.28. The van der Waals surface area contributed by atoms with Crippen molar-refractivity contribution in [2.45, 2.75) is 186 Å². The molecular weight excluding hydrogens is 590 g/mol. The van der Waals surface area contributed by atoms with Crippen molar-refractivity contribution < 1.29 is 4.12 Å². The van der Waals surface area contributed by atoms with Crippen LogP contribution in [-0.4, -0.2) is 50.8 Å². The molecule has 229 valence electrons. The van der Waals surface area contributed by atoms with Gasteiger partial charge in [0.05, 0.1) is 0 Å². The third-order valence-electron chi connectivity index (χ3n) is 9.64. The van der Waals surface area contributed by atoms with Crippen LogP contribution >= 0.6 is 22.2 Å². The summed E-state index contributed by atoms with van der Waals surface area (Å²) in [4.78, 5) is 0. The quantitative estimate of drug-likeness (QED) is 0.107. The topological polar surface area (TPSA) is 12.5 Å². The highest BCUT2D eigenvalue weighted by molar-refractivity contribution is 7.33. The summed E-state index contributed by atoms with van der Waals surface area (Å²) in [6.45, 7) is 43.3. The summed E-state index contributed by atoms with van der Waals surface area (Å²) < 4.78 is 10.7. The Bertz CT molecular complexity index is 608. The fourth-order valence-electron chi connectivity index (χ4n) is 9.11. The molecule has 0 aliphatic carbocycles. The standard InChI is InChI=1S/C29H68Cl2NOSi5/c1-18-29(22-36(16,17)33-35(14,15)21-19-20-34(30)31)32(37(23(2)3,24(4)5)25(6)7)38(26(8)9,27(10)11)28(12)13/h23-29H,18-22H2,1-17H3. The van der Waals surface area contributed by atoms with Crippen LogP contribution in [0.5, 0.6) is 0 Å². The Balaban J connectivity index is 7.02. The second-order valence-corrected chi connectivity index (χ2v) is 40.3. The summed E-state index contributed by atoms with van der Waals surface area (Å²) in [5.74, 6) is 0. The van der Waals surface area contributed by atoms with Gasteiger partial charge in [0.1, 0.15) is 16.5 Å². The van der Waals surface area contributed by atoms with E-state index in [0.29, 0.717) is 6.04 Å². The zero-order chi connectivity index (χ0) is 30.4. The van der Waals surface area contributed by atoms with Crippen molar-refractivity contribution in [2.24, 2.45) is 0 Å². The second kappa shape index (κ2) is 15.9. The number of hydrogen-bond donors (Lipinski definition) is 0. The number of hydrogen-bond acceptors (Lipinski definition) is 2. The molecule has 0 bridgehead atoms. The van der Waals surface area contributed by atoms with E-state index in [2.05, 4.69) is 120 Å². The molecule has 9 heteroatoms. The maximum Gasteiger partial charge on any atom is 0.273 e. The van der Waals surface area contributed by atoms with Crippen molar-refractivity contribution in [1.82, 2.24) is 4.23 Å². The van der Waals surface area contributed by atoms with Gasteiger partial charge in [0.2, 0.25) is 0 Å². The Morgan fingerprint density at radius 1 is 0.632 bits per heavy atom. The summed E-state index contributed by atoms with van der Waals surface area (Å²) in [7, 11) is -8.71. The Hall–Kier alpha value is 1.58. The van der Waals surface area contributed by atoms with Crippen LogP contribution in [0.2, 0.25) is 77.6 Å². The fourth-order valence-corrected chi connectivity index (χ4v) is 40.9. The number of nitrogens with zero attached hydrogens (tertiary/aromatic N) is 1. The molecule has 0 aliphatic rings. The van der Waals surface area contributed by atoms with Crippen LogP contribution in [0.15, 0.2) is 0 Å². The second-order valence-electron chi connectivity index (χ2n) is 15.2. The van der Waals surface area contributed by atoms with Crippen LogP contribution in [0.4, 0.5) is 0 Å². The third-order valence-corrected chi connectivity index (χ3v) is 34.8. The van der Waals surface area contributed by atoms with Gasteiger partial charge >= 0.3 is 0 Å². The Morgan fingerprint density at radius 2 is 0.974 bits per heavy atom. The van der Waals surface area contributed by atoms with Gasteiger partial charge in [-0.05, 0) is 90.0 Å². The van der Waals surface area contributed by atoms with Gasteiger partial charge in [-0.15, -0.1) is 22.2 Å². The van der Waals surface area contributed by atoms with Gasteiger partial charge in [0, 0.05) is 0 Å². The van der Waals surface area contributed by atoms with E-state index >= 15 is 0 Å². The third kappa shape index (κ3) is 9.29. The molecule has 1 unspecified atom stereocenters. The first-order chi connectivity index (χ1) is 17.1. The van der Waals surface area contributed by atoms with E-state index in [1.165, 1.54) is 18.5 Å². The Kier molecular flexibility index (Phi) is 16.5. The van der Waals surface area contributed by atoms with Gasteiger partial charge in [0.25, 0.3) is 7.42 Å². The minimum absolute atomic E-state index is 0.611. The van der Waals surface area contributed by atoms with E-state index in [1.807, 2.05) is 0 Å². The molecule has 0 amide bonds. The van der Waals surface area contributed by atoms with Crippen LogP contribution in [0, 0.1) is 0 Å². The van der Waals surface area contributed by atoms with E-state index < -0.39 is 40.5 Å². The lowest BCUT2D eigenvalue weighted by Crippen LogP contribution is -2.76. The monoisotopic (exact) mass is 656 g/mol. The van der Waals surface area contributed by atoms with E-state index in [0.717, 1.165) is 45.7 Å². The first kappa shape index (κ1) is 39.6. The Morgan fingerprint density at radius 3 is 1.24 bits per heavy atom. The molecule has 0 aromatic heterocycles. The Labute approximate surface area is 256 Å². The molecule has 1 radical (unpaired) electrons. The fraction of sp³-hybridized carbons (Fsp3) is 1.00. The lowest BCUT2D eigenvalue weighted by molar-refractivity contribution is 0.383. The smallest absolute Gasteiger partial charge is 0.273 e. The van der Waals surface area contributed by atoms with Crippen molar-refractivity contribution in [3.05, 3.63) is 0 Å². The molecule has 0 heterocycles. The van der Waals surface area contributed by atoms with Gasteiger partial charge in [-0.25, -0.2) is 0 Å². The normalized spacial score (nSPS) is 15.6. The van der Waals surface area contributed by atoms with Crippen molar-refractivity contribution in [3.8, 4) is 0 Å². The van der Waals surface area contributed by atoms with E-state index in [4.69, 9.17) is 26.3 Å². The molecule has 2 nitrogen and oxygen atoms in total. The minimum Gasteiger partial charge on any atom is -0.455 e. The largest absolute Gasteiger partial charge is 0.455 e. The molecule has 0 aromatic rings. The van der Waals surface area contributed by atoms with Crippen LogP contribution in [0.3, 0.4) is 0 Å². The SMILES string of the molecule is CCC(C[Si](C)(C)O[Si](C)(C)CCC[Si](Cl)Cl)N([Si](C(C)C)(C(C)C)C(C)C)[Si](C(C)C)(C(C)C)C(C)C. The minimum atomic E-state index is -1.92. The van der Waals surface area contributed by atoms with Crippen LogP contribution in [-0.2, 0) is 4.12 Å². The van der Waals surface area contributed by atoms with Gasteiger partial charge < -0.3 is 8.35 Å². The highest BCUT2D eigenvalue weighted by Crippen LogP contribution is 2.55. The zero-order valence-corrected chi connectivity index (χ0v) is 35.2. The van der Waals surface area contributed by atoms with Gasteiger partial charge in [-0.1, -0.05) is 96.4 Å². The molecule has 1 atom stereocenters. The van der Waals surface area contributed by atoms with Gasteiger partial charge in [0.15, 0.2) is 16.6 Å². The van der Waals surface area contributed by atoms with Crippen molar-refractivity contribution in [1.29, 1.82) is 0 Å². The molecule has 0 N–H and O–H groups in total. The van der Waals surface area contributed by atoms with Crippen molar-refractivity contribution in [2.75, 3.05) is 0 Å². The van der Waals surface area contributed by atoms with Gasteiger partial charge in [-0.3, -0.25) is 0 Å². The molecule has 0 spiro atoms. The van der Waals surface area contributed by atoms with Crippen LogP contribution in [0.25, 0.3) is 0 Å². The summed E-state index contributed by atoms with van der Waals surface area (Å²) >= 11 is 12.3. The maximum absolute atomic E-state index is 7.28.